The molecule has 1 aromatic carbocycles. The van der Waals surface area contributed by atoms with Crippen molar-refractivity contribution in [1.29, 1.82) is 0 Å². The summed E-state index contributed by atoms with van der Waals surface area (Å²) in [6.07, 6.45) is 3.34. The van der Waals surface area contributed by atoms with Gasteiger partial charge in [-0.3, -0.25) is 0 Å². The van der Waals surface area contributed by atoms with Crippen molar-refractivity contribution < 1.29 is 0 Å². The van der Waals surface area contributed by atoms with E-state index in [0.717, 1.165) is 22.5 Å². The molecule has 0 saturated carbocycles. The maximum atomic E-state index is 6.06. The van der Waals surface area contributed by atoms with E-state index in [-0.39, 0.29) is 6.04 Å². The minimum absolute atomic E-state index is 0.216. The van der Waals surface area contributed by atoms with E-state index in [4.69, 9.17) is 11.6 Å². The molecule has 0 aliphatic carbocycles. The Labute approximate surface area is 117 Å². The number of hydrogen-bond donors (Lipinski definition) is 1. The highest BCUT2D eigenvalue weighted by Gasteiger charge is 2.11. The molecule has 1 N–H and O–H groups in total. The van der Waals surface area contributed by atoms with Crippen molar-refractivity contribution in [3.05, 3.63) is 44.9 Å². The van der Waals surface area contributed by atoms with E-state index in [1.54, 1.807) is 0 Å². The van der Waals surface area contributed by atoms with E-state index in [1.807, 2.05) is 18.2 Å². The number of benzene rings is 1. The Bertz CT molecular complexity index is 397. The number of hydrogen-bond acceptors (Lipinski definition) is 1. The summed E-state index contributed by atoms with van der Waals surface area (Å²) >= 11 is 9.65. The van der Waals surface area contributed by atoms with E-state index in [2.05, 4.69) is 48.1 Å². The lowest BCUT2D eigenvalue weighted by Crippen LogP contribution is -2.21. The Morgan fingerprint density at radius 1 is 1.47 bits per heavy atom. The highest BCUT2D eigenvalue weighted by molar-refractivity contribution is 9.10. The van der Waals surface area contributed by atoms with Gasteiger partial charge in [-0.2, -0.15) is 0 Å². The predicted molar refractivity (Wildman–Crippen MR) is 79.6 cm³/mol. The maximum Gasteiger partial charge on any atom is 0.0520 e. The van der Waals surface area contributed by atoms with Gasteiger partial charge in [-0.25, -0.2) is 0 Å². The molecular weight excluding hydrogens is 298 g/mol. The molecule has 1 aromatic rings. The van der Waals surface area contributed by atoms with Crippen LogP contribution in [0.5, 0.6) is 0 Å². The fourth-order valence-corrected chi connectivity index (χ4v) is 2.32. The second-order valence-corrected chi connectivity index (χ2v) is 5.63. The second-order valence-electron chi connectivity index (χ2n) is 4.34. The minimum atomic E-state index is 0.216. The van der Waals surface area contributed by atoms with Crippen LogP contribution in [0, 0.1) is 0 Å². The summed E-state index contributed by atoms with van der Waals surface area (Å²) in [5.74, 6) is 0. The Morgan fingerprint density at radius 3 is 2.76 bits per heavy atom. The summed E-state index contributed by atoms with van der Waals surface area (Å²) in [6, 6.07) is 6.12. The molecule has 0 aliphatic heterocycles. The van der Waals surface area contributed by atoms with Crippen molar-refractivity contribution in [1.82, 2.24) is 5.32 Å². The van der Waals surface area contributed by atoms with Gasteiger partial charge in [0.05, 0.1) is 6.04 Å². The maximum absolute atomic E-state index is 6.06. The zero-order valence-electron chi connectivity index (χ0n) is 10.6. The molecule has 17 heavy (non-hydrogen) atoms. The fraction of sp³-hybridized carbons (Fsp3) is 0.429. The smallest absolute Gasteiger partial charge is 0.0520 e. The van der Waals surface area contributed by atoms with Gasteiger partial charge in [0.1, 0.15) is 0 Å². The average molecular weight is 317 g/mol. The summed E-state index contributed by atoms with van der Waals surface area (Å²) in [6.45, 7) is 7.38. The Balaban J connectivity index is 3.03. The molecule has 0 bridgehead atoms. The Hall–Kier alpha value is -0.310. The third-order valence-corrected chi connectivity index (χ3v) is 3.36. The fourth-order valence-electron chi connectivity index (χ4n) is 1.64. The molecule has 1 rings (SSSR count). The van der Waals surface area contributed by atoms with Gasteiger partial charge in [0.2, 0.25) is 0 Å². The SMILES string of the molecule is CCCNC(C=C(C)C)c1cc(Cl)ccc1Br. The minimum Gasteiger partial charge on any atom is -0.307 e. The Kier molecular flexibility index (Phi) is 6.24. The van der Waals surface area contributed by atoms with Gasteiger partial charge >= 0.3 is 0 Å². The topological polar surface area (TPSA) is 12.0 Å². The molecule has 1 atom stereocenters. The van der Waals surface area contributed by atoms with Crippen LogP contribution in [0.15, 0.2) is 34.3 Å². The standard InChI is InChI=1S/C14H19BrClN/c1-4-7-17-14(8-10(2)3)12-9-11(16)5-6-13(12)15/h5-6,8-9,14,17H,4,7H2,1-3H3. The largest absolute Gasteiger partial charge is 0.307 e. The molecule has 0 heterocycles. The number of halogens is 2. The zero-order chi connectivity index (χ0) is 12.8. The van der Waals surface area contributed by atoms with Crippen molar-refractivity contribution >= 4 is 27.5 Å². The summed E-state index contributed by atoms with van der Waals surface area (Å²) < 4.78 is 1.09. The summed E-state index contributed by atoms with van der Waals surface area (Å²) in [5, 5.41) is 4.29. The molecule has 1 nitrogen and oxygen atoms in total. The first-order chi connectivity index (χ1) is 8.04. The molecule has 94 valence electrons. The molecule has 1 unspecified atom stereocenters. The van der Waals surface area contributed by atoms with Crippen LogP contribution >= 0.6 is 27.5 Å². The van der Waals surface area contributed by atoms with E-state index >= 15 is 0 Å². The third kappa shape index (κ3) is 4.82. The number of nitrogens with one attached hydrogen (secondary N) is 1. The molecular formula is C14H19BrClN. The second kappa shape index (κ2) is 7.20. The highest BCUT2D eigenvalue weighted by Crippen LogP contribution is 2.28. The predicted octanol–water partition coefficient (Wildman–Crippen LogP) is 5.11. The molecule has 0 aromatic heterocycles. The molecule has 3 heteroatoms. The van der Waals surface area contributed by atoms with E-state index in [1.165, 1.54) is 11.1 Å². The van der Waals surface area contributed by atoms with E-state index < -0.39 is 0 Å². The summed E-state index contributed by atoms with van der Waals surface area (Å²) in [4.78, 5) is 0. The van der Waals surface area contributed by atoms with Crippen LogP contribution in [-0.2, 0) is 0 Å². The van der Waals surface area contributed by atoms with Crippen LogP contribution in [0.25, 0.3) is 0 Å². The van der Waals surface area contributed by atoms with Gasteiger partial charge in [0.15, 0.2) is 0 Å². The molecule has 0 fully saturated rings. The first kappa shape index (κ1) is 14.7. The van der Waals surface area contributed by atoms with Gasteiger partial charge in [-0.05, 0) is 50.6 Å². The molecule has 0 spiro atoms. The van der Waals surface area contributed by atoms with Gasteiger partial charge < -0.3 is 5.32 Å². The van der Waals surface area contributed by atoms with Gasteiger partial charge in [-0.15, -0.1) is 0 Å². The van der Waals surface area contributed by atoms with Crippen LogP contribution in [0.3, 0.4) is 0 Å². The molecule has 0 aliphatic rings. The average Bonchev–Trinajstić information content (AvgIpc) is 2.27. The van der Waals surface area contributed by atoms with Crippen LogP contribution in [0.1, 0.15) is 38.8 Å². The van der Waals surface area contributed by atoms with E-state index in [9.17, 15) is 0 Å². The number of allylic oxidation sites excluding steroid dienone is 1. The van der Waals surface area contributed by atoms with Crippen LogP contribution in [0.4, 0.5) is 0 Å². The molecule has 0 amide bonds. The Morgan fingerprint density at radius 2 is 2.18 bits per heavy atom. The molecule has 0 radical (unpaired) electrons. The lowest BCUT2D eigenvalue weighted by molar-refractivity contribution is 0.608. The van der Waals surface area contributed by atoms with Crippen LogP contribution in [0.2, 0.25) is 5.02 Å². The summed E-state index contributed by atoms with van der Waals surface area (Å²) in [7, 11) is 0. The monoisotopic (exact) mass is 315 g/mol. The van der Waals surface area contributed by atoms with Crippen LogP contribution < -0.4 is 5.32 Å². The first-order valence-corrected chi connectivity index (χ1v) is 7.05. The van der Waals surface area contributed by atoms with E-state index in [0.29, 0.717) is 0 Å². The van der Waals surface area contributed by atoms with Gasteiger partial charge in [0.25, 0.3) is 0 Å². The normalized spacial score (nSPS) is 12.3. The van der Waals surface area contributed by atoms with Crippen molar-refractivity contribution in [2.75, 3.05) is 6.54 Å². The first-order valence-electron chi connectivity index (χ1n) is 5.88. The van der Waals surface area contributed by atoms with Crippen molar-refractivity contribution in [3.63, 3.8) is 0 Å². The highest BCUT2D eigenvalue weighted by atomic mass is 79.9. The lowest BCUT2D eigenvalue weighted by atomic mass is 10.0. The van der Waals surface area contributed by atoms with Crippen molar-refractivity contribution in [2.24, 2.45) is 0 Å². The zero-order valence-corrected chi connectivity index (χ0v) is 12.9. The third-order valence-electron chi connectivity index (χ3n) is 2.41. The molecule has 0 saturated heterocycles. The van der Waals surface area contributed by atoms with Crippen molar-refractivity contribution in [2.45, 2.75) is 33.2 Å². The lowest BCUT2D eigenvalue weighted by Gasteiger charge is -2.18. The van der Waals surface area contributed by atoms with Crippen molar-refractivity contribution in [3.8, 4) is 0 Å². The van der Waals surface area contributed by atoms with Gasteiger partial charge in [0, 0.05) is 9.50 Å². The quantitative estimate of drug-likeness (QED) is 0.744. The van der Waals surface area contributed by atoms with Crippen LogP contribution in [-0.4, -0.2) is 6.54 Å². The number of rotatable bonds is 5. The summed E-state index contributed by atoms with van der Waals surface area (Å²) in [5.41, 5.74) is 2.48. The van der Waals surface area contributed by atoms with Gasteiger partial charge in [-0.1, -0.05) is 46.1 Å².